The van der Waals surface area contributed by atoms with Crippen LogP contribution in [0.4, 0.5) is 13.2 Å². The number of carboxylic acid groups (broad SMARTS) is 1. The van der Waals surface area contributed by atoms with Crippen LogP contribution in [0, 0.1) is 5.41 Å². The van der Waals surface area contributed by atoms with Gasteiger partial charge in [0.05, 0.1) is 5.41 Å². The number of carbonyl (C=O) groups is 1. The van der Waals surface area contributed by atoms with E-state index in [1.807, 2.05) is 0 Å². The fourth-order valence-electron chi connectivity index (χ4n) is 0.939. The summed E-state index contributed by atoms with van der Waals surface area (Å²) in [6.07, 6.45) is -4.88. The molecule has 6 heteroatoms. The SMILES string of the molecule is CNC(CC(C)(C)C(F)(F)F)C(=O)O. The summed E-state index contributed by atoms with van der Waals surface area (Å²) in [7, 11) is 1.32. The summed E-state index contributed by atoms with van der Waals surface area (Å²) in [4.78, 5) is 10.5. The van der Waals surface area contributed by atoms with Gasteiger partial charge >= 0.3 is 12.1 Å². The van der Waals surface area contributed by atoms with Crippen LogP contribution >= 0.6 is 0 Å². The largest absolute Gasteiger partial charge is 0.480 e. The average Bonchev–Trinajstić information content (AvgIpc) is 1.97. The molecule has 0 amide bonds. The Labute approximate surface area is 80.3 Å². The van der Waals surface area contributed by atoms with E-state index in [0.29, 0.717) is 0 Å². The van der Waals surface area contributed by atoms with Gasteiger partial charge in [-0.3, -0.25) is 4.79 Å². The highest BCUT2D eigenvalue weighted by atomic mass is 19.4. The molecule has 0 aromatic rings. The van der Waals surface area contributed by atoms with Crippen LogP contribution < -0.4 is 5.32 Å². The fraction of sp³-hybridized carbons (Fsp3) is 0.875. The van der Waals surface area contributed by atoms with Crippen molar-refractivity contribution in [3.8, 4) is 0 Å². The summed E-state index contributed by atoms with van der Waals surface area (Å²) in [5.41, 5.74) is -2.00. The van der Waals surface area contributed by atoms with Crippen molar-refractivity contribution in [3.63, 3.8) is 0 Å². The van der Waals surface area contributed by atoms with Crippen molar-refractivity contribution in [1.82, 2.24) is 5.32 Å². The van der Waals surface area contributed by atoms with Crippen molar-refractivity contribution in [2.45, 2.75) is 32.5 Å². The third-order valence-corrected chi connectivity index (χ3v) is 2.13. The summed E-state index contributed by atoms with van der Waals surface area (Å²) in [5, 5.41) is 10.9. The maximum absolute atomic E-state index is 12.4. The number of likely N-dealkylation sites (N-methyl/N-ethyl adjacent to an activating group) is 1. The van der Waals surface area contributed by atoms with E-state index in [4.69, 9.17) is 5.11 Å². The predicted octanol–water partition coefficient (Wildman–Crippen LogP) is 1.64. The molecule has 0 aliphatic rings. The number of nitrogens with one attached hydrogen (secondary N) is 1. The van der Waals surface area contributed by atoms with E-state index in [1.165, 1.54) is 7.05 Å². The number of carboxylic acids is 1. The Morgan fingerprint density at radius 3 is 2.07 bits per heavy atom. The average molecular weight is 213 g/mol. The van der Waals surface area contributed by atoms with Gasteiger partial charge in [-0.05, 0) is 13.5 Å². The molecule has 14 heavy (non-hydrogen) atoms. The van der Waals surface area contributed by atoms with E-state index in [9.17, 15) is 18.0 Å². The molecule has 0 fully saturated rings. The minimum atomic E-state index is -4.39. The van der Waals surface area contributed by atoms with Gasteiger partial charge < -0.3 is 10.4 Å². The maximum atomic E-state index is 12.4. The third-order valence-electron chi connectivity index (χ3n) is 2.13. The van der Waals surface area contributed by atoms with E-state index in [-0.39, 0.29) is 0 Å². The first-order valence-electron chi connectivity index (χ1n) is 4.08. The zero-order chi connectivity index (χ0) is 11.6. The van der Waals surface area contributed by atoms with Gasteiger partial charge in [0, 0.05) is 0 Å². The second-order valence-corrected chi connectivity index (χ2v) is 3.77. The predicted molar refractivity (Wildman–Crippen MR) is 44.9 cm³/mol. The van der Waals surface area contributed by atoms with Crippen LogP contribution in [0.25, 0.3) is 0 Å². The van der Waals surface area contributed by atoms with Gasteiger partial charge in [0.15, 0.2) is 0 Å². The first-order chi connectivity index (χ1) is 6.12. The molecule has 0 heterocycles. The molecule has 0 radical (unpaired) electrons. The Kier molecular flexibility index (Phi) is 3.93. The molecule has 0 saturated carbocycles. The first-order valence-corrected chi connectivity index (χ1v) is 4.08. The lowest BCUT2D eigenvalue weighted by Gasteiger charge is -2.30. The van der Waals surface area contributed by atoms with Crippen molar-refractivity contribution < 1.29 is 23.1 Å². The Morgan fingerprint density at radius 2 is 1.86 bits per heavy atom. The number of hydrogen-bond donors (Lipinski definition) is 2. The van der Waals surface area contributed by atoms with Crippen molar-refractivity contribution in [2.24, 2.45) is 5.41 Å². The lowest BCUT2D eigenvalue weighted by atomic mass is 9.85. The van der Waals surface area contributed by atoms with Gasteiger partial charge in [0.25, 0.3) is 0 Å². The molecule has 0 aromatic heterocycles. The highest BCUT2D eigenvalue weighted by Crippen LogP contribution is 2.40. The molecule has 0 aliphatic carbocycles. The van der Waals surface area contributed by atoms with E-state index < -0.39 is 30.0 Å². The minimum Gasteiger partial charge on any atom is -0.480 e. The molecule has 1 unspecified atom stereocenters. The molecular formula is C8H14F3NO2. The number of alkyl halides is 3. The second-order valence-electron chi connectivity index (χ2n) is 3.77. The standard InChI is InChI=1S/C8H14F3NO2/c1-7(2,8(9,10)11)4-5(12-3)6(13)14/h5,12H,4H2,1-3H3,(H,13,14). The van der Waals surface area contributed by atoms with Crippen LogP contribution in [0.2, 0.25) is 0 Å². The molecule has 3 nitrogen and oxygen atoms in total. The molecule has 0 rings (SSSR count). The Morgan fingerprint density at radius 1 is 1.43 bits per heavy atom. The molecule has 0 bridgehead atoms. The normalized spacial score (nSPS) is 15.3. The van der Waals surface area contributed by atoms with E-state index in [0.717, 1.165) is 13.8 Å². The molecular weight excluding hydrogens is 199 g/mol. The van der Waals surface area contributed by atoms with E-state index >= 15 is 0 Å². The van der Waals surface area contributed by atoms with Gasteiger partial charge in [-0.1, -0.05) is 13.8 Å². The van der Waals surface area contributed by atoms with Crippen LogP contribution in [0.5, 0.6) is 0 Å². The van der Waals surface area contributed by atoms with Crippen LogP contribution in [0.1, 0.15) is 20.3 Å². The van der Waals surface area contributed by atoms with Crippen molar-refractivity contribution in [1.29, 1.82) is 0 Å². The highest BCUT2D eigenvalue weighted by Gasteiger charge is 2.48. The summed E-state index contributed by atoms with van der Waals surface area (Å²) < 4.78 is 37.1. The van der Waals surface area contributed by atoms with Crippen LogP contribution in [-0.4, -0.2) is 30.3 Å². The molecule has 0 saturated heterocycles. The topological polar surface area (TPSA) is 49.3 Å². The van der Waals surface area contributed by atoms with Gasteiger partial charge in [-0.15, -0.1) is 0 Å². The van der Waals surface area contributed by atoms with Crippen LogP contribution in [-0.2, 0) is 4.79 Å². The Bertz CT molecular complexity index is 213. The van der Waals surface area contributed by atoms with Gasteiger partial charge in [0.1, 0.15) is 6.04 Å². The summed E-state index contributed by atoms with van der Waals surface area (Å²) in [6.45, 7) is 1.97. The Balaban J connectivity index is 4.56. The smallest absolute Gasteiger partial charge is 0.394 e. The third kappa shape index (κ3) is 3.17. The van der Waals surface area contributed by atoms with Crippen LogP contribution in [0.3, 0.4) is 0 Å². The summed E-state index contributed by atoms with van der Waals surface area (Å²) >= 11 is 0. The first kappa shape index (κ1) is 13.2. The Hall–Kier alpha value is -0.780. The zero-order valence-electron chi connectivity index (χ0n) is 8.27. The molecule has 0 aliphatic heterocycles. The lowest BCUT2D eigenvalue weighted by Crippen LogP contribution is -2.43. The van der Waals surface area contributed by atoms with Crippen molar-refractivity contribution in [2.75, 3.05) is 7.05 Å². The molecule has 0 spiro atoms. The maximum Gasteiger partial charge on any atom is 0.394 e. The monoisotopic (exact) mass is 213 g/mol. The quantitative estimate of drug-likeness (QED) is 0.746. The molecule has 2 N–H and O–H groups in total. The van der Waals surface area contributed by atoms with Gasteiger partial charge in [-0.25, -0.2) is 0 Å². The highest BCUT2D eigenvalue weighted by molar-refractivity contribution is 5.73. The van der Waals surface area contributed by atoms with Crippen LogP contribution in [0.15, 0.2) is 0 Å². The fourth-order valence-corrected chi connectivity index (χ4v) is 0.939. The lowest BCUT2D eigenvalue weighted by molar-refractivity contribution is -0.215. The van der Waals surface area contributed by atoms with E-state index in [2.05, 4.69) is 5.32 Å². The number of hydrogen-bond acceptors (Lipinski definition) is 2. The minimum absolute atomic E-state index is 0.484. The zero-order valence-corrected chi connectivity index (χ0v) is 8.27. The summed E-state index contributed by atoms with van der Waals surface area (Å²) in [6, 6.07) is -1.17. The van der Waals surface area contributed by atoms with Crippen molar-refractivity contribution >= 4 is 5.97 Å². The van der Waals surface area contributed by atoms with E-state index in [1.54, 1.807) is 0 Å². The van der Waals surface area contributed by atoms with Crippen molar-refractivity contribution in [3.05, 3.63) is 0 Å². The molecule has 1 atom stereocenters. The number of halogens is 3. The number of rotatable bonds is 4. The number of aliphatic carboxylic acids is 1. The summed E-state index contributed by atoms with van der Waals surface area (Å²) in [5.74, 6) is -1.27. The molecule has 0 aromatic carbocycles. The van der Waals surface area contributed by atoms with Gasteiger partial charge in [0.2, 0.25) is 0 Å². The van der Waals surface area contributed by atoms with Gasteiger partial charge in [-0.2, -0.15) is 13.2 Å². The molecule has 84 valence electrons. The second kappa shape index (κ2) is 4.16.